The van der Waals surface area contributed by atoms with Gasteiger partial charge in [-0.3, -0.25) is 24.1 Å². The van der Waals surface area contributed by atoms with Crippen LogP contribution in [0.15, 0.2) is 24.3 Å². The number of amides is 6. The van der Waals surface area contributed by atoms with Gasteiger partial charge in [0.05, 0.1) is 18.2 Å². The van der Waals surface area contributed by atoms with Crippen molar-refractivity contribution in [3.8, 4) is 0 Å². The summed E-state index contributed by atoms with van der Waals surface area (Å²) in [6.07, 6.45) is 3.05. The number of Topliss-reactive ketones (excluding diaryl/α,β-unsaturated/α-hetero) is 1. The molecular formula is C28H38N5O7Rb3. The molecule has 1 aromatic carbocycles. The fraction of sp³-hybridized carbons (Fsp3) is 0.571. The maximum atomic E-state index is 12.0. The van der Waals surface area contributed by atoms with Crippen LogP contribution in [-0.4, -0.2) is 79.7 Å². The molecule has 220 valence electrons. The Balaban J connectivity index is 0. The van der Waals surface area contributed by atoms with Crippen molar-refractivity contribution in [2.45, 2.75) is 58.8 Å². The fourth-order valence-electron chi connectivity index (χ4n) is 3.62. The Bertz CT molecular complexity index is 1040. The molecule has 6 amide bonds. The molecule has 1 fully saturated rings. The van der Waals surface area contributed by atoms with Crippen molar-refractivity contribution in [1.82, 2.24) is 10.2 Å². The molecular weight excluding hydrogens is 775 g/mol. The van der Waals surface area contributed by atoms with Gasteiger partial charge in [-0.05, 0) is 31.9 Å². The van der Waals surface area contributed by atoms with Crippen LogP contribution in [-0.2, 0) is 35.1 Å². The topological polar surface area (TPSA) is 169 Å². The summed E-state index contributed by atoms with van der Waals surface area (Å²) in [6.45, 7) is 5.43. The average molecular weight is 813 g/mol. The molecule has 0 saturated carbocycles. The van der Waals surface area contributed by atoms with Crippen molar-refractivity contribution >= 4 is 41.1 Å². The third-order valence-corrected chi connectivity index (χ3v) is 6.26. The van der Waals surface area contributed by atoms with Crippen LogP contribution in [0, 0.1) is 5.92 Å². The SMILES string of the molecule is CC(=O)C(C)CCCCNC(=O)[N-]CCCOCC[N-]C(=O)CC(=O)[N-]c1ccc(CC(=O)N2CCC2=O)cc1.[Rb+].[Rb+].[Rb+]. The summed E-state index contributed by atoms with van der Waals surface area (Å²) in [5.41, 5.74) is 1.05. The first-order valence-corrected chi connectivity index (χ1v) is 13.6. The van der Waals surface area contributed by atoms with Gasteiger partial charge in [0.2, 0.25) is 11.8 Å². The van der Waals surface area contributed by atoms with Gasteiger partial charge in [0.15, 0.2) is 6.03 Å². The van der Waals surface area contributed by atoms with Crippen molar-refractivity contribution in [2.75, 3.05) is 39.4 Å². The van der Waals surface area contributed by atoms with Gasteiger partial charge >= 0.3 is 175 Å². The molecule has 1 N–H and O–H groups in total. The number of urea groups is 1. The third kappa shape index (κ3) is 21.3. The standard InChI is InChI=1S/C28H41N5O7.3Rb/c1-20(21(2)34)6-3-4-12-30-28(39)31-13-5-16-40-17-14-29-24(35)19-25(36)32-23-9-7-22(8-10-23)18-27(38)33-15-11-26(33)37;;;/h7-10,20H,3-6,11-19H2,1-2H3,(H4,29,30,31,32,35,36,39);;;/q;3*+1/p-3. The van der Waals surface area contributed by atoms with Crippen LogP contribution in [0.4, 0.5) is 10.5 Å². The Morgan fingerprint density at radius 1 is 0.930 bits per heavy atom. The summed E-state index contributed by atoms with van der Waals surface area (Å²) >= 11 is 0. The second-order valence-corrected chi connectivity index (χ2v) is 9.58. The first-order valence-electron chi connectivity index (χ1n) is 13.6. The zero-order valence-corrected chi connectivity index (χ0v) is 41.0. The van der Waals surface area contributed by atoms with Gasteiger partial charge in [0, 0.05) is 38.5 Å². The molecule has 0 aromatic heterocycles. The van der Waals surface area contributed by atoms with E-state index >= 15 is 0 Å². The van der Waals surface area contributed by atoms with Crippen LogP contribution < -0.4 is 180 Å². The number of unbranched alkanes of at least 4 members (excludes halogenated alkanes) is 1. The van der Waals surface area contributed by atoms with Crippen LogP contribution in [0.3, 0.4) is 0 Å². The van der Waals surface area contributed by atoms with Crippen molar-refractivity contribution in [3.63, 3.8) is 0 Å². The number of hydrogen-bond acceptors (Lipinski definition) is 7. The van der Waals surface area contributed by atoms with Crippen LogP contribution >= 0.6 is 0 Å². The molecule has 43 heavy (non-hydrogen) atoms. The monoisotopic (exact) mass is 811 g/mol. The van der Waals surface area contributed by atoms with Crippen molar-refractivity contribution in [1.29, 1.82) is 0 Å². The minimum Gasteiger partial charge on any atom is -0.651 e. The number of ether oxygens (including phenoxy) is 1. The number of benzene rings is 1. The van der Waals surface area contributed by atoms with Crippen LogP contribution in [0.25, 0.3) is 16.0 Å². The molecule has 0 radical (unpaired) electrons. The Morgan fingerprint density at radius 2 is 1.63 bits per heavy atom. The Hall–Kier alpha value is 1.62. The molecule has 0 bridgehead atoms. The fourth-order valence-corrected chi connectivity index (χ4v) is 3.62. The summed E-state index contributed by atoms with van der Waals surface area (Å²) in [4.78, 5) is 71.3. The van der Waals surface area contributed by atoms with Crippen molar-refractivity contribution in [2.24, 2.45) is 5.92 Å². The van der Waals surface area contributed by atoms with E-state index in [1.54, 1.807) is 31.2 Å². The van der Waals surface area contributed by atoms with Crippen LogP contribution in [0.5, 0.6) is 0 Å². The van der Waals surface area contributed by atoms with Gasteiger partial charge in [-0.15, -0.1) is 12.2 Å². The van der Waals surface area contributed by atoms with Crippen molar-refractivity contribution in [3.05, 3.63) is 45.8 Å². The first kappa shape index (κ1) is 46.7. The van der Waals surface area contributed by atoms with Gasteiger partial charge < -0.3 is 35.6 Å². The molecule has 1 saturated heterocycles. The van der Waals surface area contributed by atoms with E-state index in [1.807, 2.05) is 6.92 Å². The molecule has 1 aliphatic heterocycles. The summed E-state index contributed by atoms with van der Waals surface area (Å²) < 4.78 is 5.37. The first-order chi connectivity index (χ1) is 19.2. The van der Waals surface area contributed by atoms with Gasteiger partial charge in [0.25, 0.3) is 0 Å². The Kier molecular flexibility index (Phi) is 29.9. The van der Waals surface area contributed by atoms with Gasteiger partial charge in [0.1, 0.15) is 5.78 Å². The number of imide groups is 1. The normalized spacial score (nSPS) is 12.2. The van der Waals surface area contributed by atoms with Crippen LogP contribution in [0.1, 0.15) is 57.9 Å². The van der Waals surface area contributed by atoms with E-state index in [4.69, 9.17) is 4.74 Å². The molecule has 1 heterocycles. The minimum atomic E-state index is -0.629. The smallest absolute Gasteiger partial charge is 0.651 e. The molecule has 1 atom stereocenters. The molecule has 0 spiro atoms. The van der Waals surface area contributed by atoms with E-state index in [-0.39, 0.29) is 224 Å². The molecule has 1 aromatic rings. The predicted molar refractivity (Wildman–Crippen MR) is 148 cm³/mol. The number of ketones is 1. The van der Waals surface area contributed by atoms with E-state index < -0.39 is 18.2 Å². The van der Waals surface area contributed by atoms with E-state index in [0.29, 0.717) is 50.3 Å². The average Bonchev–Trinajstić information content (AvgIpc) is 2.89. The summed E-state index contributed by atoms with van der Waals surface area (Å²) in [7, 11) is 0. The number of carbonyl (C=O) groups is 6. The number of likely N-dealkylation sites (tertiary alicyclic amines) is 1. The van der Waals surface area contributed by atoms with E-state index in [9.17, 15) is 28.8 Å². The zero-order chi connectivity index (χ0) is 29.3. The van der Waals surface area contributed by atoms with Gasteiger partial charge in [-0.2, -0.15) is 0 Å². The number of β-lactam (4-membered cyclic amide) rings is 1. The van der Waals surface area contributed by atoms with Crippen LogP contribution in [0.2, 0.25) is 0 Å². The summed E-state index contributed by atoms with van der Waals surface area (Å²) in [5.74, 6) is -1.42. The Labute approximate surface area is 400 Å². The van der Waals surface area contributed by atoms with Gasteiger partial charge in [-0.1, -0.05) is 50.6 Å². The summed E-state index contributed by atoms with van der Waals surface area (Å²) in [5, 5.41) is 14.3. The maximum absolute atomic E-state index is 12.0. The maximum Gasteiger partial charge on any atom is 1.00 e. The number of nitrogens with one attached hydrogen (secondary N) is 1. The van der Waals surface area contributed by atoms with E-state index in [1.165, 1.54) is 4.90 Å². The second kappa shape index (κ2) is 27.6. The number of rotatable bonds is 18. The van der Waals surface area contributed by atoms with E-state index in [0.717, 1.165) is 19.3 Å². The molecule has 1 unspecified atom stereocenters. The molecule has 15 heteroatoms. The number of hydrogen-bond donors (Lipinski definition) is 1. The quantitative estimate of drug-likeness (QED) is 0.0878. The summed E-state index contributed by atoms with van der Waals surface area (Å²) in [6, 6.07) is 6.07. The van der Waals surface area contributed by atoms with Crippen molar-refractivity contribution < 1.29 is 208 Å². The molecule has 0 aliphatic carbocycles. The molecule has 2 rings (SSSR count). The Morgan fingerprint density at radius 3 is 2.23 bits per heavy atom. The van der Waals surface area contributed by atoms with Gasteiger partial charge in [-0.25, -0.2) is 0 Å². The molecule has 12 nitrogen and oxygen atoms in total. The predicted octanol–water partition coefficient (Wildman–Crippen LogP) is -5.29. The zero-order valence-electron chi connectivity index (χ0n) is 26.2. The third-order valence-electron chi connectivity index (χ3n) is 6.26. The largest absolute Gasteiger partial charge is 1.00 e. The number of nitrogens with zero attached hydrogens (tertiary/aromatic N) is 4. The minimum absolute atomic E-state index is 0. The van der Waals surface area contributed by atoms with E-state index in [2.05, 4.69) is 21.3 Å². The second-order valence-electron chi connectivity index (χ2n) is 9.58. The molecule has 1 aliphatic rings. The number of carbonyl (C=O) groups excluding carboxylic acids is 6.